The summed E-state index contributed by atoms with van der Waals surface area (Å²) in [6.07, 6.45) is 5.72. The SMILES string of the molecule is C=N/N=C/C(C)=C(/C)C=CC. The maximum Gasteiger partial charge on any atom is 0.0527 e. The van der Waals surface area contributed by atoms with Gasteiger partial charge in [0.25, 0.3) is 0 Å². The molecule has 2 heteroatoms. The van der Waals surface area contributed by atoms with E-state index in [1.807, 2.05) is 32.9 Å². The molecule has 11 heavy (non-hydrogen) atoms. The maximum atomic E-state index is 3.67. The van der Waals surface area contributed by atoms with Crippen molar-refractivity contribution in [1.82, 2.24) is 0 Å². The van der Waals surface area contributed by atoms with Crippen molar-refractivity contribution in [2.45, 2.75) is 20.8 Å². The number of rotatable bonds is 3. The molecule has 0 aromatic rings. The summed E-state index contributed by atoms with van der Waals surface area (Å²) in [4.78, 5) is 0. The van der Waals surface area contributed by atoms with Gasteiger partial charge in [0.1, 0.15) is 0 Å². The third kappa shape index (κ3) is 4.25. The Morgan fingerprint density at radius 2 is 1.91 bits per heavy atom. The van der Waals surface area contributed by atoms with E-state index in [1.54, 1.807) is 6.21 Å². The van der Waals surface area contributed by atoms with Gasteiger partial charge in [0.05, 0.1) is 6.21 Å². The van der Waals surface area contributed by atoms with Crippen LogP contribution < -0.4 is 0 Å². The molecule has 0 aliphatic heterocycles. The van der Waals surface area contributed by atoms with Crippen molar-refractivity contribution in [2.75, 3.05) is 0 Å². The van der Waals surface area contributed by atoms with Crippen LogP contribution in [0.15, 0.2) is 33.5 Å². The van der Waals surface area contributed by atoms with E-state index in [1.165, 1.54) is 5.57 Å². The van der Waals surface area contributed by atoms with Gasteiger partial charge < -0.3 is 0 Å². The van der Waals surface area contributed by atoms with Crippen molar-refractivity contribution in [1.29, 1.82) is 0 Å². The molecular formula is C9H14N2. The monoisotopic (exact) mass is 150 g/mol. The molecule has 0 aliphatic carbocycles. The van der Waals surface area contributed by atoms with E-state index < -0.39 is 0 Å². The first-order valence-corrected chi connectivity index (χ1v) is 3.51. The summed E-state index contributed by atoms with van der Waals surface area (Å²) in [5.74, 6) is 0. The van der Waals surface area contributed by atoms with Gasteiger partial charge in [-0.25, -0.2) is 0 Å². The first-order valence-electron chi connectivity index (χ1n) is 3.51. The van der Waals surface area contributed by atoms with Crippen LogP contribution in [-0.4, -0.2) is 12.9 Å². The first-order chi connectivity index (χ1) is 5.22. The highest BCUT2D eigenvalue weighted by molar-refractivity contribution is 5.79. The largest absolute Gasteiger partial charge is 0.167 e. The lowest BCUT2D eigenvalue weighted by molar-refractivity contribution is 1.27. The zero-order valence-corrected chi connectivity index (χ0v) is 7.33. The van der Waals surface area contributed by atoms with Crippen LogP contribution in [0.5, 0.6) is 0 Å². The van der Waals surface area contributed by atoms with Gasteiger partial charge in [-0.2, -0.15) is 10.2 Å². The van der Waals surface area contributed by atoms with E-state index in [4.69, 9.17) is 0 Å². The molecule has 0 aliphatic rings. The fourth-order valence-electron chi connectivity index (χ4n) is 0.611. The second-order valence-electron chi connectivity index (χ2n) is 2.25. The highest BCUT2D eigenvalue weighted by Gasteiger charge is 1.86. The Balaban J connectivity index is 4.38. The summed E-state index contributed by atoms with van der Waals surface area (Å²) in [5, 5.41) is 7.05. The minimum atomic E-state index is 1.11. The van der Waals surface area contributed by atoms with Gasteiger partial charge in [0.2, 0.25) is 0 Å². The Kier molecular flexibility index (Phi) is 4.99. The smallest absolute Gasteiger partial charge is 0.0527 e. The Morgan fingerprint density at radius 3 is 2.36 bits per heavy atom. The van der Waals surface area contributed by atoms with Gasteiger partial charge in [-0.1, -0.05) is 12.2 Å². The van der Waals surface area contributed by atoms with Crippen molar-refractivity contribution in [3.8, 4) is 0 Å². The second-order valence-corrected chi connectivity index (χ2v) is 2.25. The van der Waals surface area contributed by atoms with Crippen LogP contribution in [0.3, 0.4) is 0 Å². The Bertz CT molecular complexity index is 210. The molecule has 0 aromatic heterocycles. The van der Waals surface area contributed by atoms with Gasteiger partial charge in [0, 0.05) is 6.72 Å². The highest BCUT2D eigenvalue weighted by Crippen LogP contribution is 2.01. The van der Waals surface area contributed by atoms with Crippen LogP contribution >= 0.6 is 0 Å². The Morgan fingerprint density at radius 1 is 1.27 bits per heavy atom. The molecule has 0 radical (unpaired) electrons. The maximum absolute atomic E-state index is 3.67. The summed E-state index contributed by atoms with van der Waals surface area (Å²) in [7, 11) is 0. The molecule has 0 rings (SSSR count). The van der Waals surface area contributed by atoms with Crippen LogP contribution in [0.25, 0.3) is 0 Å². The summed E-state index contributed by atoms with van der Waals surface area (Å²) < 4.78 is 0. The predicted octanol–water partition coefficient (Wildman–Crippen LogP) is 2.59. The molecule has 0 saturated heterocycles. The summed E-state index contributed by atoms with van der Waals surface area (Å²) in [5.41, 5.74) is 2.30. The molecule has 0 bridgehead atoms. The third-order valence-electron chi connectivity index (χ3n) is 1.37. The molecule has 0 fully saturated rings. The normalized spacial score (nSPS) is 14.1. The number of allylic oxidation sites excluding steroid dienone is 4. The molecule has 0 heterocycles. The lowest BCUT2D eigenvalue weighted by Crippen LogP contribution is -1.81. The fraction of sp³-hybridized carbons (Fsp3) is 0.333. The van der Waals surface area contributed by atoms with Gasteiger partial charge >= 0.3 is 0 Å². The Hall–Kier alpha value is -1.18. The number of nitrogens with zero attached hydrogens (tertiary/aromatic N) is 2. The van der Waals surface area contributed by atoms with E-state index in [9.17, 15) is 0 Å². The van der Waals surface area contributed by atoms with E-state index >= 15 is 0 Å². The van der Waals surface area contributed by atoms with Crippen LogP contribution in [0.2, 0.25) is 0 Å². The van der Waals surface area contributed by atoms with Crippen molar-refractivity contribution in [3.05, 3.63) is 23.3 Å². The van der Waals surface area contributed by atoms with Crippen LogP contribution in [0, 0.1) is 0 Å². The summed E-state index contributed by atoms with van der Waals surface area (Å²) in [6, 6.07) is 0. The van der Waals surface area contributed by atoms with Crippen LogP contribution in [0.1, 0.15) is 20.8 Å². The third-order valence-corrected chi connectivity index (χ3v) is 1.37. The van der Waals surface area contributed by atoms with Gasteiger partial charge in [-0.15, -0.1) is 0 Å². The average molecular weight is 150 g/mol. The fourth-order valence-corrected chi connectivity index (χ4v) is 0.611. The molecule has 0 spiro atoms. The van der Waals surface area contributed by atoms with E-state index in [0.29, 0.717) is 0 Å². The van der Waals surface area contributed by atoms with Crippen LogP contribution in [0.4, 0.5) is 0 Å². The first kappa shape index (κ1) is 9.82. The molecular weight excluding hydrogens is 136 g/mol. The molecule has 2 nitrogen and oxygen atoms in total. The Labute approximate surface area is 68.0 Å². The van der Waals surface area contributed by atoms with Crippen molar-refractivity contribution in [3.63, 3.8) is 0 Å². The molecule has 0 saturated carbocycles. The molecule has 0 amide bonds. The van der Waals surface area contributed by atoms with Crippen molar-refractivity contribution in [2.24, 2.45) is 10.2 Å². The molecule has 60 valence electrons. The van der Waals surface area contributed by atoms with Crippen molar-refractivity contribution < 1.29 is 0 Å². The predicted molar refractivity (Wildman–Crippen MR) is 51.2 cm³/mol. The standard InChI is InChI=1S/C9H14N2/c1-5-6-8(2)9(3)7-11-10-4/h5-7H,4H2,1-3H3/b6-5?,9-8-,11-7+. The second kappa shape index (κ2) is 5.59. The summed E-state index contributed by atoms with van der Waals surface area (Å²) in [6.45, 7) is 9.26. The van der Waals surface area contributed by atoms with Crippen molar-refractivity contribution >= 4 is 12.9 Å². The summed E-state index contributed by atoms with van der Waals surface area (Å²) >= 11 is 0. The minimum Gasteiger partial charge on any atom is -0.167 e. The quantitative estimate of drug-likeness (QED) is 0.335. The van der Waals surface area contributed by atoms with E-state index in [2.05, 4.69) is 16.9 Å². The molecule has 0 unspecified atom stereocenters. The topological polar surface area (TPSA) is 24.7 Å². The zero-order chi connectivity index (χ0) is 8.69. The number of hydrogen-bond acceptors (Lipinski definition) is 2. The van der Waals surface area contributed by atoms with Gasteiger partial charge in [-0.3, -0.25) is 0 Å². The number of hydrogen-bond donors (Lipinski definition) is 0. The molecule has 0 aromatic carbocycles. The zero-order valence-electron chi connectivity index (χ0n) is 7.33. The molecule has 0 atom stereocenters. The lowest BCUT2D eigenvalue weighted by Gasteiger charge is -1.93. The lowest BCUT2D eigenvalue weighted by atomic mass is 10.1. The minimum absolute atomic E-state index is 1.11. The van der Waals surface area contributed by atoms with Gasteiger partial charge in [0.15, 0.2) is 0 Å². The molecule has 0 N–H and O–H groups in total. The average Bonchev–Trinajstić information content (AvgIpc) is 2.00. The van der Waals surface area contributed by atoms with Crippen LogP contribution in [-0.2, 0) is 0 Å². The van der Waals surface area contributed by atoms with Gasteiger partial charge in [-0.05, 0) is 31.9 Å². The van der Waals surface area contributed by atoms with E-state index in [-0.39, 0.29) is 0 Å². The van der Waals surface area contributed by atoms with E-state index in [0.717, 1.165) is 5.57 Å². The highest BCUT2D eigenvalue weighted by atomic mass is 15.2.